The predicted octanol–water partition coefficient (Wildman–Crippen LogP) is 3.96. The van der Waals surface area contributed by atoms with Crippen molar-refractivity contribution in [2.75, 3.05) is 18.1 Å². The number of sulfone groups is 1. The fraction of sp³-hybridized carbons (Fsp3) is 0.480. The van der Waals surface area contributed by atoms with Crippen molar-refractivity contribution < 1.29 is 13.2 Å². The van der Waals surface area contributed by atoms with Gasteiger partial charge < -0.3 is 10.2 Å². The third-order valence-electron chi connectivity index (χ3n) is 6.69. The maximum atomic E-state index is 13.2. The summed E-state index contributed by atoms with van der Waals surface area (Å²) in [7, 11) is -3.02. The fourth-order valence-corrected chi connectivity index (χ4v) is 6.64. The Hall–Kier alpha value is -2.18. The summed E-state index contributed by atoms with van der Waals surface area (Å²) < 4.78 is 24.0. The standard InChI is InChI=1S/C25H32N2O3S/c1-19(20-11-13-22(14-12-20)21-7-3-2-4-8-21)26-17-25(28)27(23-9-5-6-10-23)24-15-16-31(29,30)18-24/h2-4,7-8,11-14,19,23-24,26H,5-6,9-10,15-18H2,1H3/t19-,24-/m1/s1. The second-order valence-electron chi connectivity index (χ2n) is 8.89. The Morgan fingerprint density at radius 1 is 0.968 bits per heavy atom. The molecule has 5 nitrogen and oxygen atoms in total. The van der Waals surface area contributed by atoms with Gasteiger partial charge in [0.2, 0.25) is 5.91 Å². The Morgan fingerprint density at radius 2 is 1.61 bits per heavy atom. The largest absolute Gasteiger partial charge is 0.335 e. The molecular weight excluding hydrogens is 408 g/mol. The van der Waals surface area contributed by atoms with E-state index in [2.05, 4.69) is 48.6 Å². The molecule has 166 valence electrons. The van der Waals surface area contributed by atoms with Gasteiger partial charge in [-0.15, -0.1) is 0 Å². The zero-order chi connectivity index (χ0) is 21.8. The van der Waals surface area contributed by atoms with Crippen molar-refractivity contribution >= 4 is 15.7 Å². The maximum Gasteiger partial charge on any atom is 0.237 e. The van der Waals surface area contributed by atoms with E-state index in [9.17, 15) is 13.2 Å². The van der Waals surface area contributed by atoms with Crippen LogP contribution in [0.25, 0.3) is 11.1 Å². The number of benzene rings is 2. The molecule has 0 spiro atoms. The molecule has 2 aromatic carbocycles. The van der Waals surface area contributed by atoms with Gasteiger partial charge in [-0.2, -0.15) is 0 Å². The molecule has 31 heavy (non-hydrogen) atoms. The lowest BCUT2D eigenvalue weighted by Crippen LogP contribution is -2.50. The van der Waals surface area contributed by atoms with E-state index in [4.69, 9.17) is 0 Å². The van der Waals surface area contributed by atoms with Crippen LogP contribution in [-0.4, -0.2) is 49.4 Å². The summed E-state index contributed by atoms with van der Waals surface area (Å²) in [4.78, 5) is 15.1. The third kappa shape index (κ3) is 5.36. The Kier molecular flexibility index (Phi) is 6.77. The lowest BCUT2D eigenvalue weighted by atomic mass is 10.0. The summed E-state index contributed by atoms with van der Waals surface area (Å²) in [5.41, 5.74) is 3.48. The highest BCUT2D eigenvalue weighted by Gasteiger charge is 2.38. The van der Waals surface area contributed by atoms with Gasteiger partial charge in [-0.05, 0) is 42.9 Å². The van der Waals surface area contributed by atoms with E-state index < -0.39 is 9.84 Å². The van der Waals surface area contributed by atoms with E-state index in [1.165, 1.54) is 11.1 Å². The minimum Gasteiger partial charge on any atom is -0.335 e. The summed E-state index contributed by atoms with van der Waals surface area (Å²) in [5.74, 6) is 0.346. The van der Waals surface area contributed by atoms with Crippen LogP contribution in [0.2, 0.25) is 0 Å². The Labute approximate surface area is 185 Å². The molecule has 1 heterocycles. The van der Waals surface area contributed by atoms with Crippen LogP contribution in [0.4, 0.5) is 0 Å². The average Bonchev–Trinajstić information content (AvgIpc) is 3.43. The molecule has 1 saturated carbocycles. The molecule has 1 aliphatic carbocycles. The normalized spacial score (nSPS) is 21.8. The molecule has 0 bridgehead atoms. The van der Waals surface area contributed by atoms with Gasteiger partial charge in [-0.3, -0.25) is 4.79 Å². The lowest BCUT2D eigenvalue weighted by molar-refractivity contribution is -0.134. The van der Waals surface area contributed by atoms with Gasteiger partial charge in [0.25, 0.3) is 0 Å². The summed E-state index contributed by atoms with van der Waals surface area (Å²) in [6.45, 7) is 2.29. The molecule has 2 aliphatic rings. The molecular formula is C25H32N2O3S. The Morgan fingerprint density at radius 3 is 2.23 bits per heavy atom. The average molecular weight is 441 g/mol. The Balaban J connectivity index is 1.39. The zero-order valence-electron chi connectivity index (χ0n) is 18.2. The van der Waals surface area contributed by atoms with Crippen molar-refractivity contribution in [2.45, 2.75) is 57.2 Å². The van der Waals surface area contributed by atoms with Crippen LogP contribution >= 0.6 is 0 Å². The first-order valence-electron chi connectivity index (χ1n) is 11.3. The van der Waals surface area contributed by atoms with Gasteiger partial charge >= 0.3 is 0 Å². The van der Waals surface area contributed by atoms with Crippen LogP contribution in [-0.2, 0) is 14.6 Å². The van der Waals surface area contributed by atoms with Crippen molar-refractivity contribution in [2.24, 2.45) is 0 Å². The van der Waals surface area contributed by atoms with Crippen LogP contribution in [0.5, 0.6) is 0 Å². The lowest BCUT2D eigenvalue weighted by Gasteiger charge is -2.34. The van der Waals surface area contributed by atoms with E-state index in [0.717, 1.165) is 31.2 Å². The molecule has 6 heteroatoms. The third-order valence-corrected chi connectivity index (χ3v) is 8.44. The summed E-state index contributed by atoms with van der Waals surface area (Å²) in [6.07, 6.45) is 4.77. The number of nitrogens with zero attached hydrogens (tertiary/aromatic N) is 1. The topological polar surface area (TPSA) is 66.5 Å². The van der Waals surface area contributed by atoms with Gasteiger partial charge in [0.15, 0.2) is 9.84 Å². The van der Waals surface area contributed by atoms with Gasteiger partial charge in [-0.25, -0.2) is 8.42 Å². The minimum atomic E-state index is -3.02. The van der Waals surface area contributed by atoms with Crippen molar-refractivity contribution in [1.82, 2.24) is 10.2 Å². The molecule has 0 radical (unpaired) electrons. The molecule has 0 unspecified atom stereocenters. The van der Waals surface area contributed by atoms with Crippen LogP contribution in [0, 0.1) is 0 Å². The van der Waals surface area contributed by atoms with Crippen molar-refractivity contribution in [3.8, 4) is 11.1 Å². The van der Waals surface area contributed by atoms with Gasteiger partial charge in [0, 0.05) is 18.1 Å². The molecule has 2 fully saturated rings. The highest BCUT2D eigenvalue weighted by Crippen LogP contribution is 2.29. The zero-order valence-corrected chi connectivity index (χ0v) is 19.0. The van der Waals surface area contributed by atoms with E-state index in [-0.39, 0.29) is 42.1 Å². The molecule has 1 N–H and O–H groups in total. The second-order valence-corrected chi connectivity index (χ2v) is 11.1. The predicted molar refractivity (Wildman–Crippen MR) is 124 cm³/mol. The first kappa shape index (κ1) is 22.0. The number of hydrogen-bond acceptors (Lipinski definition) is 4. The molecule has 2 aromatic rings. The van der Waals surface area contributed by atoms with E-state index >= 15 is 0 Å². The van der Waals surface area contributed by atoms with Gasteiger partial charge in [-0.1, -0.05) is 67.4 Å². The summed E-state index contributed by atoms with van der Waals surface area (Å²) in [5, 5.41) is 3.37. The number of rotatable bonds is 7. The first-order chi connectivity index (χ1) is 14.9. The first-order valence-corrected chi connectivity index (χ1v) is 13.2. The molecule has 1 aliphatic heterocycles. The van der Waals surface area contributed by atoms with Crippen molar-refractivity contribution in [3.05, 3.63) is 60.2 Å². The molecule has 1 amide bonds. The van der Waals surface area contributed by atoms with Crippen LogP contribution in [0.3, 0.4) is 0 Å². The smallest absolute Gasteiger partial charge is 0.237 e. The van der Waals surface area contributed by atoms with E-state index in [1.807, 2.05) is 23.1 Å². The van der Waals surface area contributed by atoms with Gasteiger partial charge in [0.1, 0.15) is 0 Å². The number of hydrogen-bond donors (Lipinski definition) is 1. The quantitative estimate of drug-likeness (QED) is 0.708. The number of nitrogens with one attached hydrogen (secondary N) is 1. The highest BCUT2D eigenvalue weighted by atomic mass is 32.2. The molecule has 0 aromatic heterocycles. The highest BCUT2D eigenvalue weighted by molar-refractivity contribution is 7.91. The van der Waals surface area contributed by atoms with E-state index in [0.29, 0.717) is 6.42 Å². The SMILES string of the molecule is C[C@@H](NCC(=O)N(C1CCCC1)[C@@H]1CCS(=O)(=O)C1)c1ccc(-c2ccccc2)cc1. The van der Waals surface area contributed by atoms with Gasteiger partial charge in [0.05, 0.1) is 18.1 Å². The summed E-state index contributed by atoms with van der Waals surface area (Å²) in [6, 6.07) is 18.7. The number of amides is 1. The minimum absolute atomic E-state index is 0.0294. The monoisotopic (exact) mass is 440 g/mol. The molecule has 1 saturated heterocycles. The second kappa shape index (κ2) is 9.53. The van der Waals surface area contributed by atoms with E-state index in [1.54, 1.807) is 0 Å². The fourth-order valence-electron chi connectivity index (χ4n) is 4.93. The van der Waals surface area contributed by atoms with Crippen molar-refractivity contribution in [1.29, 1.82) is 0 Å². The number of carbonyl (C=O) groups is 1. The molecule has 4 rings (SSSR count). The van der Waals surface area contributed by atoms with Crippen LogP contribution in [0.15, 0.2) is 54.6 Å². The van der Waals surface area contributed by atoms with Crippen LogP contribution in [0.1, 0.15) is 50.6 Å². The van der Waals surface area contributed by atoms with Crippen LogP contribution < -0.4 is 5.32 Å². The summed E-state index contributed by atoms with van der Waals surface area (Å²) >= 11 is 0. The maximum absolute atomic E-state index is 13.2. The number of carbonyl (C=O) groups excluding carboxylic acids is 1. The molecule has 2 atom stereocenters. The van der Waals surface area contributed by atoms with Crippen molar-refractivity contribution in [3.63, 3.8) is 0 Å². The Bertz CT molecular complexity index is 983.